The van der Waals surface area contributed by atoms with E-state index in [1.165, 1.54) is 42.2 Å². The Morgan fingerprint density at radius 1 is 1.04 bits per heavy atom. The summed E-state index contributed by atoms with van der Waals surface area (Å²) in [7, 11) is 0. The number of anilines is 1. The normalized spacial score (nSPS) is 13.3. The van der Waals surface area contributed by atoms with Crippen molar-refractivity contribution in [3.05, 3.63) is 65.0 Å². The van der Waals surface area contributed by atoms with Crippen LogP contribution in [0.5, 0.6) is 0 Å². The maximum Gasteiger partial charge on any atom is 0.322 e. The molecule has 1 aromatic heterocycles. The van der Waals surface area contributed by atoms with Crippen LogP contribution in [0.1, 0.15) is 34.3 Å². The van der Waals surface area contributed by atoms with Gasteiger partial charge in [0.1, 0.15) is 5.82 Å². The quantitative estimate of drug-likeness (QED) is 0.784. The fourth-order valence-corrected chi connectivity index (χ4v) is 3.06. The zero-order valence-corrected chi connectivity index (χ0v) is 13.5. The summed E-state index contributed by atoms with van der Waals surface area (Å²) in [5, 5.41) is 10.3. The highest BCUT2D eigenvalue weighted by atomic mass is 19.1. The molecule has 1 amide bonds. The fourth-order valence-electron chi connectivity index (χ4n) is 3.06. The van der Waals surface area contributed by atoms with Crippen molar-refractivity contribution in [1.29, 1.82) is 0 Å². The van der Waals surface area contributed by atoms with E-state index >= 15 is 0 Å². The Morgan fingerprint density at radius 3 is 2.72 bits per heavy atom. The van der Waals surface area contributed by atoms with E-state index < -0.39 is 11.7 Å². The second kappa shape index (κ2) is 6.47. The molecule has 0 atom stereocenters. The predicted octanol–water partition coefficient (Wildman–Crippen LogP) is 4.01. The van der Waals surface area contributed by atoms with Gasteiger partial charge in [0.15, 0.2) is 0 Å². The Balaban J connectivity index is 1.53. The number of hydrogen-bond donors (Lipinski definition) is 1. The molecule has 0 radical (unpaired) electrons. The molecule has 1 heterocycles. The number of hydrogen-bond acceptors (Lipinski definition) is 4. The molecule has 0 aliphatic heterocycles. The maximum absolute atomic E-state index is 13.2. The monoisotopic (exact) mass is 337 g/mol. The minimum atomic E-state index is -0.500. The van der Waals surface area contributed by atoms with Crippen LogP contribution in [0.3, 0.4) is 0 Å². The van der Waals surface area contributed by atoms with Gasteiger partial charge in [-0.15, -0.1) is 5.10 Å². The second-order valence-corrected chi connectivity index (χ2v) is 6.07. The molecule has 0 spiro atoms. The lowest BCUT2D eigenvalue weighted by atomic mass is 9.90. The van der Waals surface area contributed by atoms with Crippen LogP contribution in [-0.2, 0) is 12.8 Å². The zero-order valence-electron chi connectivity index (χ0n) is 13.5. The van der Waals surface area contributed by atoms with Gasteiger partial charge in [0, 0.05) is 11.1 Å². The molecule has 0 saturated carbocycles. The third-order valence-corrected chi connectivity index (χ3v) is 4.33. The minimum Gasteiger partial charge on any atom is -0.403 e. The van der Waals surface area contributed by atoms with E-state index in [0.717, 1.165) is 24.5 Å². The van der Waals surface area contributed by atoms with Gasteiger partial charge in [-0.25, -0.2) is 4.39 Å². The summed E-state index contributed by atoms with van der Waals surface area (Å²) in [5.41, 5.74) is 3.70. The van der Waals surface area contributed by atoms with E-state index in [-0.39, 0.29) is 11.6 Å². The first kappa shape index (κ1) is 15.5. The van der Waals surface area contributed by atoms with Crippen LogP contribution in [-0.4, -0.2) is 16.1 Å². The van der Waals surface area contributed by atoms with Crippen molar-refractivity contribution < 1.29 is 13.6 Å². The largest absolute Gasteiger partial charge is 0.403 e. The number of benzene rings is 2. The zero-order chi connectivity index (χ0) is 17.2. The van der Waals surface area contributed by atoms with E-state index in [9.17, 15) is 9.18 Å². The molecular weight excluding hydrogens is 321 g/mol. The van der Waals surface area contributed by atoms with Gasteiger partial charge in [-0.2, -0.15) is 0 Å². The summed E-state index contributed by atoms with van der Waals surface area (Å²) < 4.78 is 18.7. The van der Waals surface area contributed by atoms with Crippen molar-refractivity contribution >= 4 is 11.9 Å². The average molecular weight is 337 g/mol. The van der Waals surface area contributed by atoms with Crippen molar-refractivity contribution in [2.45, 2.75) is 25.7 Å². The molecule has 4 rings (SSSR count). The van der Waals surface area contributed by atoms with Crippen LogP contribution in [0.4, 0.5) is 10.4 Å². The van der Waals surface area contributed by atoms with Crippen LogP contribution < -0.4 is 5.32 Å². The molecule has 25 heavy (non-hydrogen) atoms. The Hall–Kier alpha value is -3.02. The first-order valence-electron chi connectivity index (χ1n) is 8.22. The van der Waals surface area contributed by atoms with Crippen LogP contribution in [0, 0.1) is 5.82 Å². The number of amides is 1. The van der Waals surface area contributed by atoms with E-state index in [4.69, 9.17) is 4.42 Å². The summed E-state index contributed by atoms with van der Waals surface area (Å²) in [6.07, 6.45) is 4.58. The van der Waals surface area contributed by atoms with Crippen molar-refractivity contribution in [1.82, 2.24) is 10.2 Å². The standard InChI is InChI=1S/C19H16FN3O2/c20-16-7-3-6-14(11-16)17(24)21-19-23-22-18(25-19)15-9-8-12-4-1-2-5-13(12)10-15/h3,6-11H,1-2,4-5H2,(H,21,23,24). The van der Waals surface area contributed by atoms with E-state index in [2.05, 4.69) is 27.6 Å². The molecular formula is C19H16FN3O2. The van der Waals surface area contributed by atoms with Gasteiger partial charge in [0.2, 0.25) is 5.89 Å². The smallest absolute Gasteiger partial charge is 0.322 e. The number of aromatic nitrogens is 2. The first-order valence-corrected chi connectivity index (χ1v) is 8.22. The molecule has 126 valence electrons. The summed E-state index contributed by atoms with van der Waals surface area (Å²) in [4.78, 5) is 12.1. The molecule has 6 heteroatoms. The topological polar surface area (TPSA) is 68.0 Å². The minimum absolute atomic E-state index is 0.0121. The van der Waals surface area contributed by atoms with Crippen LogP contribution in [0.25, 0.3) is 11.5 Å². The number of carbonyl (C=O) groups is 1. The van der Waals surface area contributed by atoms with Gasteiger partial charge in [-0.05, 0) is 67.1 Å². The fraction of sp³-hybridized carbons (Fsp3) is 0.211. The SMILES string of the molecule is O=C(Nc1nnc(-c2ccc3c(c2)CCCC3)o1)c1cccc(F)c1. The van der Waals surface area contributed by atoms with Gasteiger partial charge in [0.05, 0.1) is 0 Å². The van der Waals surface area contributed by atoms with Crippen molar-refractivity contribution in [2.24, 2.45) is 0 Å². The molecule has 0 unspecified atom stereocenters. The molecule has 1 N–H and O–H groups in total. The van der Waals surface area contributed by atoms with E-state index in [1.54, 1.807) is 0 Å². The van der Waals surface area contributed by atoms with Crippen molar-refractivity contribution in [3.63, 3.8) is 0 Å². The number of rotatable bonds is 3. The number of nitrogens with one attached hydrogen (secondary N) is 1. The summed E-state index contributed by atoms with van der Waals surface area (Å²) >= 11 is 0. The number of halogens is 1. The summed E-state index contributed by atoms with van der Waals surface area (Å²) in [5.74, 6) is -0.629. The van der Waals surface area contributed by atoms with Gasteiger partial charge in [0.25, 0.3) is 5.91 Å². The molecule has 0 fully saturated rings. The van der Waals surface area contributed by atoms with Gasteiger partial charge < -0.3 is 4.42 Å². The lowest BCUT2D eigenvalue weighted by molar-refractivity contribution is 0.102. The van der Waals surface area contributed by atoms with Crippen LogP contribution >= 0.6 is 0 Å². The number of carbonyl (C=O) groups excluding carboxylic acids is 1. The molecule has 0 bridgehead atoms. The summed E-state index contributed by atoms with van der Waals surface area (Å²) in [6, 6.07) is 11.5. The highest BCUT2D eigenvalue weighted by Crippen LogP contribution is 2.27. The van der Waals surface area contributed by atoms with Gasteiger partial charge >= 0.3 is 6.01 Å². The van der Waals surface area contributed by atoms with Gasteiger partial charge in [-0.1, -0.05) is 17.2 Å². The number of nitrogens with zero attached hydrogens (tertiary/aromatic N) is 2. The van der Waals surface area contributed by atoms with Crippen LogP contribution in [0.15, 0.2) is 46.9 Å². The summed E-state index contributed by atoms with van der Waals surface area (Å²) in [6.45, 7) is 0. The van der Waals surface area contributed by atoms with Gasteiger partial charge in [-0.3, -0.25) is 10.1 Å². The highest BCUT2D eigenvalue weighted by Gasteiger charge is 2.15. The lowest BCUT2D eigenvalue weighted by Crippen LogP contribution is -2.12. The second-order valence-electron chi connectivity index (χ2n) is 6.07. The lowest BCUT2D eigenvalue weighted by Gasteiger charge is -2.15. The molecule has 0 saturated heterocycles. The third kappa shape index (κ3) is 3.28. The third-order valence-electron chi connectivity index (χ3n) is 4.33. The molecule has 1 aliphatic rings. The van der Waals surface area contributed by atoms with E-state index in [0.29, 0.717) is 5.89 Å². The first-order chi connectivity index (χ1) is 12.2. The molecule has 5 nitrogen and oxygen atoms in total. The maximum atomic E-state index is 13.2. The Bertz CT molecular complexity index is 936. The molecule has 3 aromatic rings. The van der Waals surface area contributed by atoms with E-state index in [1.807, 2.05) is 6.07 Å². The number of aryl methyl sites for hydroxylation is 2. The Kier molecular flexibility index (Phi) is 4.01. The molecule has 1 aliphatic carbocycles. The van der Waals surface area contributed by atoms with Crippen LogP contribution in [0.2, 0.25) is 0 Å². The average Bonchev–Trinajstić information content (AvgIpc) is 3.10. The van der Waals surface area contributed by atoms with Crippen molar-refractivity contribution in [2.75, 3.05) is 5.32 Å². The Labute approximate surface area is 143 Å². The predicted molar refractivity (Wildman–Crippen MR) is 90.7 cm³/mol. The Morgan fingerprint density at radius 2 is 1.88 bits per heavy atom. The van der Waals surface area contributed by atoms with Crippen molar-refractivity contribution in [3.8, 4) is 11.5 Å². The molecule has 2 aromatic carbocycles. The highest BCUT2D eigenvalue weighted by molar-refractivity contribution is 6.03. The number of fused-ring (bicyclic) bond motifs is 1.